The zero-order chi connectivity index (χ0) is 14.8. The van der Waals surface area contributed by atoms with Crippen LogP contribution in [0.2, 0.25) is 0 Å². The fourth-order valence-electron chi connectivity index (χ4n) is 2.23. The molecule has 1 saturated heterocycles. The van der Waals surface area contributed by atoms with Crippen molar-refractivity contribution < 1.29 is 17.9 Å². The number of piperidine rings is 1. The Morgan fingerprint density at radius 2 is 2.15 bits per heavy atom. The Labute approximate surface area is 127 Å². The molecule has 0 spiro atoms. The molecule has 20 heavy (non-hydrogen) atoms. The third kappa shape index (κ3) is 3.82. The summed E-state index contributed by atoms with van der Waals surface area (Å²) in [5.41, 5.74) is 0. The number of nitrogens with one attached hydrogen (secondary N) is 1. The highest BCUT2D eigenvalue weighted by Crippen LogP contribution is 2.26. The van der Waals surface area contributed by atoms with Gasteiger partial charge in [-0.15, -0.1) is 0 Å². The molecule has 114 valence electrons. The van der Waals surface area contributed by atoms with Crippen LogP contribution >= 0.6 is 15.9 Å². The molecule has 1 fully saturated rings. The van der Waals surface area contributed by atoms with E-state index < -0.39 is 10.0 Å². The summed E-state index contributed by atoms with van der Waals surface area (Å²) in [4.78, 5) is 2.28. The largest absolute Gasteiger partial charge is 0.450 e. The lowest BCUT2D eigenvalue weighted by atomic mass is 9.98. The topological polar surface area (TPSA) is 82.8 Å². The summed E-state index contributed by atoms with van der Waals surface area (Å²) < 4.78 is 32.2. The van der Waals surface area contributed by atoms with E-state index >= 15 is 0 Å². The van der Waals surface area contributed by atoms with Crippen molar-refractivity contribution in [3.8, 4) is 0 Å². The maximum Gasteiger partial charge on any atom is 0.244 e. The normalized spacial score (nSPS) is 18.6. The second-order valence-corrected chi connectivity index (χ2v) is 7.56. The first kappa shape index (κ1) is 16.0. The molecule has 6 nitrogen and oxygen atoms in total. The number of furan rings is 1. The Hall–Kier alpha value is -0.410. The van der Waals surface area contributed by atoms with Crippen LogP contribution in [0.1, 0.15) is 18.6 Å². The van der Waals surface area contributed by atoms with E-state index in [0.717, 1.165) is 25.9 Å². The van der Waals surface area contributed by atoms with Crippen molar-refractivity contribution in [2.24, 2.45) is 5.92 Å². The van der Waals surface area contributed by atoms with Crippen molar-refractivity contribution in [2.75, 3.05) is 26.7 Å². The zero-order valence-electron chi connectivity index (χ0n) is 11.3. The van der Waals surface area contributed by atoms with E-state index in [1.807, 2.05) is 0 Å². The standard InChI is InChI=1S/C12H19BrN2O4S/c1-15-4-2-9(3-5-15)7-14-20(17,18)11-6-10(8-16)19-12(11)13/h6,9,14,16H,2-5,7-8H2,1H3. The summed E-state index contributed by atoms with van der Waals surface area (Å²) >= 11 is 3.06. The average Bonchev–Trinajstić information content (AvgIpc) is 2.80. The molecule has 1 aliphatic heterocycles. The van der Waals surface area contributed by atoms with Crippen LogP contribution in [0.5, 0.6) is 0 Å². The van der Waals surface area contributed by atoms with Gasteiger partial charge in [-0.25, -0.2) is 13.1 Å². The van der Waals surface area contributed by atoms with Gasteiger partial charge in [0.2, 0.25) is 10.0 Å². The van der Waals surface area contributed by atoms with E-state index in [1.165, 1.54) is 6.07 Å². The quantitative estimate of drug-likeness (QED) is 0.816. The predicted molar refractivity (Wildman–Crippen MR) is 77.7 cm³/mol. The summed E-state index contributed by atoms with van der Waals surface area (Å²) in [6.07, 6.45) is 1.99. The summed E-state index contributed by atoms with van der Waals surface area (Å²) in [7, 11) is -1.54. The second-order valence-electron chi connectivity index (χ2n) is 5.11. The Kier molecular flexibility index (Phi) is 5.25. The fourth-order valence-corrected chi connectivity index (χ4v) is 4.34. The van der Waals surface area contributed by atoms with Crippen LogP contribution in [0.25, 0.3) is 0 Å². The van der Waals surface area contributed by atoms with E-state index in [0.29, 0.717) is 12.5 Å². The van der Waals surface area contributed by atoms with Gasteiger partial charge in [0.25, 0.3) is 0 Å². The third-order valence-corrected chi connectivity index (χ3v) is 5.83. The van der Waals surface area contributed by atoms with Gasteiger partial charge in [-0.3, -0.25) is 0 Å². The minimum Gasteiger partial charge on any atom is -0.450 e. The third-order valence-electron chi connectivity index (χ3n) is 3.55. The van der Waals surface area contributed by atoms with E-state index in [4.69, 9.17) is 9.52 Å². The van der Waals surface area contributed by atoms with Crippen molar-refractivity contribution in [1.82, 2.24) is 9.62 Å². The van der Waals surface area contributed by atoms with Gasteiger partial charge >= 0.3 is 0 Å². The number of rotatable bonds is 5. The van der Waals surface area contributed by atoms with E-state index in [9.17, 15) is 8.42 Å². The fraction of sp³-hybridized carbons (Fsp3) is 0.667. The summed E-state index contributed by atoms with van der Waals surface area (Å²) in [5, 5.41) is 8.97. The summed E-state index contributed by atoms with van der Waals surface area (Å²) in [5.74, 6) is 0.584. The SMILES string of the molecule is CN1CCC(CNS(=O)(=O)c2cc(CO)oc2Br)CC1. The van der Waals surface area contributed by atoms with Crippen LogP contribution in [0.4, 0.5) is 0 Å². The molecule has 0 amide bonds. The Morgan fingerprint density at radius 1 is 1.50 bits per heavy atom. The first-order valence-electron chi connectivity index (χ1n) is 6.49. The van der Waals surface area contributed by atoms with Crippen molar-refractivity contribution in [1.29, 1.82) is 0 Å². The highest BCUT2D eigenvalue weighted by Gasteiger charge is 2.24. The number of hydrogen-bond donors (Lipinski definition) is 2. The molecule has 0 aliphatic carbocycles. The molecule has 1 aromatic rings. The molecule has 8 heteroatoms. The van der Waals surface area contributed by atoms with E-state index in [2.05, 4.69) is 32.6 Å². The number of nitrogens with zero attached hydrogens (tertiary/aromatic N) is 1. The maximum absolute atomic E-state index is 12.2. The van der Waals surface area contributed by atoms with Crippen molar-refractivity contribution in [3.05, 3.63) is 16.5 Å². The first-order chi connectivity index (χ1) is 9.42. The van der Waals surface area contributed by atoms with Gasteiger partial charge in [0, 0.05) is 12.6 Å². The first-order valence-corrected chi connectivity index (χ1v) is 8.77. The monoisotopic (exact) mass is 366 g/mol. The summed E-state index contributed by atoms with van der Waals surface area (Å²) in [6.45, 7) is 2.10. The van der Waals surface area contributed by atoms with Crippen molar-refractivity contribution >= 4 is 26.0 Å². The molecule has 2 N–H and O–H groups in total. The number of likely N-dealkylation sites (tertiary alicyclic amines) is 1. The van der Waals surface area contributed by atoms with Gasteiger partial charge in [-0.2, -0.15) is 0 Å². The maximum atomic E-state index is 12.2. The molecule has 0 radical (unpaired) electrons. The van der Waals surface area contributed by atoms with Crippen LogP contribution in [0.3, 0.4) is 0 Å². The highest BCUT2D eigenvalue weighted by molar-refractivity contribution is 9.10. The van der Waals surface area contributed by atoms with Crippen LogP contribution < -0.4 is 4.72 Å². The molecule has 1 aliphatic rings. The van der Waals surface area contributed by atoms with Gasteiger partial charge < -0.3 is 14.4 Å². The minimum atomic E-state index is -3.61. The molecule has 2 rings (SSSR count). The van der Waals surface area contributed by atoms with Gasteiger partial charge in [-0.05, 0) is 54.8 Å². The molecule has 1 aromatic heterocycles. The lowest BCUT2D eigenvalue weighted by Gasteiger charge is -2.28. The number of sulfonamides is 1. The lowest BCUT2D eigenvalue weighted by molar-refractivity contribution is 0.220. The van der Waals surface area contributed by atoms with Crippen molar-refractivity contribution in [2.45, 2.75) is 24.3 Å². The van der Waals surface area contributed by atoms with E-state index in [1.54, 1.807) is 0 Å². The molecule has 0 aromatic carbocycles. The number of halogens is 1. The van der Waals surface area contributed by atoms with Gasteiger partial charge in [0.1, 0.15) is 17.3 Å². The Bertz CT molecular complexity index is 550. The number of hydrogen-bond acceptors (Lipinski definition) is 5. The predicted octanol–water partition coefficient (Wildman–Crippen LogP) is 1.15. The zero-order valence-corrected chi connectivity index (χ0v) is 13.7. The molecule has 0 saturated carbocycles. The molecular formula is C12H19BrN2O4S. The number of aliphatic hydroxyl groups is 1. The molecular weight excluding hydrogens is 348 g/mol. The minimum absolute atomic E-state index is 0.0366. The van der Waals surface area contributed by atoms with Crippen molar-refractivity contribution in [3.63, 3.8) is 0 Å². The van der Waals surface area contributed by atoms with Crippen LogP contribution in [0.15, 0.2) is 20.0 Å². The second kappa shape index (κ2) is 6.57. The van der Waals surface area contributed by atoms with Crippen LogP contribution in [-0.2, 0) is 16.6 Å². The van der Waals surface area contributed by atoms with Gasteiger partial charge in [-0.1, -0.05) is 0 Å². The highest BCUT2D eigenvalue weighted by atomic mass is 79.9. The average molecular weight is 367 g/mol. The van der Waals surface area contributed by atoms with E-state index in [-0.39, 0.29) is 21.9 Å². The molecule has 0 atom stereocenters. The van der Waals surface area contributed by atoms with Crippen LogP contribution in [0, 0.1) is 5.92 Å². The Balaban J connectivity index is 1.98. The Morgan fingerprint density at radius 3 is 2.70 bits per heavy atom. The number of aliphatic hydroxyl groups excluding tert-OH is 1. The molecule has 0 unspecified atom stereocenters. The van der Waals surface area contributed by atoms with Gasteiger partial charge in [0.05, 0.1) is 0 Å². The van der Waals surface area contributed by atoms with Gasteiger partial charge in [0.15, 0.2) is 4.67 Å². The molecule has 2 heterocycles. The smallest absolute Gasteiger partial charge is 0.244 e. The summed E-state index contributed by atoms with van der Waals surface area (Å²) in [6, 6.07) is 1.33. The van der Waals surface area contributed by atoms with Crippen LogP contribution in [-0.4, -0.2) is 45.1 Å². The molecule has 0 bridgehead atoms. The lowest BCUT2D eigenvalue weighted by Crippen LogP contribution is -2.36.